The molecule has 0 saturated carbocycles. The molecule has 50 valence electrons. The summed E-state index contributed by atoms with van der Waals surface area (Å²) in [6.07, 6.45) is 6.04. The van der Waals surface area contributed by atoms with Gasteiger partial charge in [0.15, 0.2) is 0 Å². The Morgan fingerprint density at radius 1 is 1.78 bits per heavy atom. The van der Waals surface area contributed by atoms with E-state index in [1.165, 1.54) is 5.57 Å². The monoisotopic (exact) mass is 124 g/mol. The van der Waals surface area contributed by atoms with Crippen LogP contribution in [0.4, 0.5) is 0 Å². The summed E-state index contributed by atoms with van der Waals surface area (Å²) in [5.41, 5.74) is 6.84. The van der Waals surface area contributed by atoms with Crippen LogP contribution in [0.5, 0.6) is 0 Å². The van der Waals surface area contributed by atoms with Crippen molar-refractivity contribution in [1.29, 1.82) is 0 Å². The first-order valence-corrected chi connectivity index (χ1v) is 3.16. The summed E-state index contributed by atoms with van der Waals surface area (Å²) in [7, 11) is 0. The van der Waals surface area contributed by atoms with E-state index in [4.69, 9.17) is 5.73 Å². The fourth-order valence-corrected chi connectivity index (χ4v) is 0.806. The Morgan fingerprint density at radius 2 is 2.56 bits per heavy atom. The Labute approximate surface area is 55.4 Å². The van der Waals surface area contributed by atoms with Crippen molar-refractivity contribution in [1.82, 2.24) is 5.32 Å². The molecule has 0 aromatic carbocycles. The molecule has 9 heavy (non-hydrogen) atoms. The van der Waals surface area contributed by atoms with Crippen molar-refractivity contribution in [2.45, 2.75) is 13.0 Å². The number of hydrogen-bond donors (Lipinski definition) is 2. The van der Waals surface area contributed by atoms with Gasteiger partial charge in [0.05, 0.1) is 0 Å². The van der Waals surface area contributed by atoms with Crippen LogP contribution in [0, 0.1) is 0 Å². The lowest BCUT2D eigenvalue weighted by molar-refractivity contribution is 0.847. The summed E-state index contributed by atoms with van der Waals surface area (Å²) >= 11 is 0. The van der Waals surface area contributed by atoms with E-state index in [0.717, 1.165) is 6.54 Å². The van der Waals surface area contributed by atoms with Gasteiger partial charge in [-0.15, -0.1) is 0 Å². The minimum Gasteiger partial charge on any atom is -0.387 e. The van der Waals surface area contributed by atoms with Gasteiger partial charge in [-0.25, -0.2) is 0 Å². The molecule has 1 heterocycles. The van der Waals surface area contributed by atoms with Crippen LogP contribution >= 0.6 is 0 Å². The van der Waals surface area contributed by atoms with E-state index in [2.05, 4.69) is 11.4 Å². The molecular weight excluding hydrogens is 112 g/mol. The Bertz CT molecular complexity index is 145. The van der Waals surface area contributed by atoms with Gasteiger partial charge >= 0.3 is 0 Å². The van der Waals surface area contributed by atoms with E-state index in [9.17, 15) is 0 Å². The highest BCUT2D eigenvalue weighted by Crippen LogP contribution is 2.02. The molecule has 0 fully saturated rings. The molecule has 0 saturated heterocycles. The third kappa shape index (κ3) is 1.57. The minimum atomic E-state index is 0.170. The van der Waals surface area contributed by atoms with Gasteiger partial charge in [-0.3, -0.25) is 0 Å². The number of rotatable bonds is 1. The van der Waals surface area contributed by atoms with Crippen molar-refractivity contribution in [3.05, 3.63) is 23.9 Å². The Kier molecular flexibility index (Phi) is 1.90. The third-order valence-corrected chi connectivity index (χ3v) is 1.38. The SMILES string of the molecule is C[C@H](N)C1=CCNC=C1. The van der Waals surface area contributed by atoms with E-state index in [0.29, 0.717) is 0 Å². The minimum absolute atomic E-state index is 0.170. The van der Waals surface area contributed by atoms with Crippen molar-refractivity contribution in [2.75, 3.05) is 6.54 Å². The van der Waals surface area contributed by atoms with Crippen LogP contribution in [-0.4, -0.2) is 12.6 Å². The predicted octanol–water partition coefficient (Wildman–Crippen LogP) is 0.377. The van der Waals surface area contributed by atoms with Gasteiger partial charge in [0, 0.05) is 12.6 Å². The molecule has 0 spiro atoms. The van der Waals surface area contributed by atoms with Gasteiger partial charge in [-0.1, -0.05) is 6.08 Å². The molecule has 2 heteroatoms. The number of nitrogens with one attached hydrogen (secondary N) is 1. The Balaban J connectivity index is 2.58. The highest BCUT2D eigenvalue weighted by molar-refractivity contribution is 5.26. The van der Waals surface area contributed by atoms with Crippen molar-refractivity contribution in [3.8, 4) is 0 Å². The summed E-state index contributed by atoms with van der Waals surface area (Å²) in [6.45, 7) is 2.90. The molecule has 1 atom stereocenters. The van der Waals surface area contributed by atoms with Gasteiger partial charge in [0.2, 0.25) is 0 Å². The van der Waals surface area contributed by atoms with Crippen LogP contribution in [0.2, 0.25) is 0 Å². The predicted molar refractivity (Wildman–Crippen MR) is 38.9 cm³/mol. The number of nitrogens with two attached hydrogens (primary N) is 1. The maximum atomic E-state index is 5.62. The van der Waals surface area contributed by atoms with Crippen LogP contribution < -0.4 is 11.1 Å². The lowest BCUT2D eigenvalue weighted by Gasteiger charge is -2.10. The normalized spacial score (nSPS) is 20.4. The smallest absolute Gasteiger partial charge is 0.0331 e. The molecule has 1 aliphatic rings. The van der Waals surface area contributed by atoms with Gasteiger partial charge in [0.1, 0.15) is 0 Å². The van der Waals surface area contributed by atoms with E-state index in [1.807, 2.05) is 19.2 Å². The second-order valence-corrected chi connectivity index (χ2v) is 2.23. The topological polar surface area (TPSA) is 38.0 Å². The van der Waals surface area contributed by atoms with Crippen molar-refractivity contribution in [2.24, 2.45) is 5.73 Å². The van der Waals surface area contributed by atoms with E-state index >= 15 is 0 Å². The summed E-state index contributed by atoms with van der Waals surface area (Å²) in [5.74, 6) is 0. The maximum Gasteiger partial charge on any atom is 0.0331 e. The molecular formula is C7H12N2. The van der Waals surface area contributed by atoms with Crippen LogP contribution in [0.3, 0.4) is 0 Å². The van der Waals surface area contributed by atoms with Crippen LogP contribution in [0.15, 0.2) is 23.9 Å². The second kappa shape index (κ2) is 2.69. The molecule has 0 aromatic heterocycles. The van der Waals surface area contributed by atoms with Crippen LogP contribution in [0.1, 0.15) is 6.92 Å². The number of hydrogen-bond acceptors (Lipinski definition) is 2. The standard InChI is InChI=1S/C7H12N2/c1-6(8)7-2-4-9-5-3-7/h2-4,6,9H,5,8H2,1H3/t6-/m0/s1. The first kappa shape index (κ1) is 6.36. The van der Waals surface area contributed by atoms with Crippen molar-refractivity contribution in [3.63, 3.8) is 0 Å². The molecule has 0 amide bonds. The second-order valence-electron chi connectivity index (χ2n) is 2.23. The van der Waals surface area contributed by atoms with E-state index in [1.54, 1.807) is 0 Å². The lowest BCUT2D eigenvalue weighted by Crippen LogP contribution is -2.21. The fourth-order valence-electron chi connectivity index (χ4n) is 0.806. The summed E-state index contributed by atoms with van der Waals surface area (Å²) in [4.78, 5) is 0. The van der Waals surface area contributed by atoms with Gasteiger partial charge in [-0.2, -0.15) is 0 Å². The van der Waals surface area contributed by atoms with Crippen molar-refractivity contribution >= 4 is 0 Å². The number of dihydropyridines is 1. The van der Waals surface area contributed by atoms with Gasteiger partial charge in [0.25, 0.3) is 0 Å². The first-order chi connectivity index (χ1) is 4.30. The lowest BCUT2D eigenvalue weighted by atomic mass is 10.1. The zero-order valence-electron chi connectivity index (χ0n) is 5.59. The molecule has 0 aliphatic carbocycles. The summed E-state index contributed by atoms with van der Waals surface area (Å²) in [6, 6.07) is 0.170. The highest BCUT2D eigenvalue weighted by atomic mass is 14.8. The van der Waals surface area contributed by atoms with E-state index < -0.39 is 0 Å². The molecule has 1 aliphatic heterocycles. The van der Waals surface area contributed by atoms with Crippen molar-refractivity contribution < 1.29 is 0 Å². The first-order valence-electron chi connectivity index (χ1n) is 3.16. The van der Waals surface area contributed by atoms with Gasteiger partial charge < -0.3 is 11.1 Å². The van der Waals surface area contributed by atoms with Crippen LogP contribution in [0.25, 0.3) is 0 Å². The summed E-state index contributed by atoms with van der Waals surface area (Å²) in [5, 5.41) is 3.06. The molecule has 0 radical (unpaired) electrons. The molecule has 3 N–H and O–H groups in total. The van der Waals surface area contributed by atoms with Gasteiger partial charge in [-0.05, 0) is 24.8 Å². The molecule has 2 nitrogen and oxygen atoms in total. The maximum absolute atomic E-state index is 5.62. The largest absolute Gasteiger partial charge is 0.387 e. The average Bonchev–Trinajstić information content (AvgIpc) is 1.90. The highest BCUT2D eigenvalue weighted by Gasteiger charge is 1.99. The average molecular weight is 124 g/mol. The zero-order valence-corrected chi connectivity index (χ0v) is 5.59. The zero-order chi connectivity index (χ0) is 6.69. The Hall–Kier alpha value is -0.760. The Morgan fingerprint density at radius 3 is 2.89 bits per heavy atom. The molecule has 0 unspecified atom stereocenters. The quantitative estimate of drug-likeness (QED) is 0.530. The molecule has 0 aromatic rings. The molecule has 1 rings (SSSR count). The van der Waals surface area contributed by atoms with Crippen LogP contribution in [-0.2, 0) is 0 Å². The third-order valence-electron chi connectivity index (χ3n) is 1.38. The summed E-state index contributed by atoms with van der Waals surface area (Å²) < 4.78 is 0. The fraction of sp³-hybridized carbons (Fsp3) is 0.429. The van der Waals surface area contributed by atoms with E-state index in [-0.39, 0.29) is 6.04 Å². The molecule has 0 bridgehead atoms.